The van der Waals surface area contributed by atoms with E-state index in [2.05, 4.69) is 0 Å². The van der Waals surface area contributed by atoms with Crippen LogP contribution in [0.5, 0.6) is 0 Å². The molecule has 0 aliphatic heterocycles. The third kappa shape index (κ3) is 2.74. The standard InChI is InChI=1S/C10H8ClF3O2S/c11-17(15,16)9-5-8(9)6-1-3-7(4-2-6)10(12,13)14/h1-4,8-9H,5H2. The topological polar surface area (TPSA) is 34.1 Å². The van der Waals surface area contributed by atoms with Crippen molar-refractivity contribution in [1.29, 1.82) is 0 Å². The molecule has 7 heteroatoms. The van der Waals surface area contributed by atoms with Gasteiger partial charge in [0.05, 0.1) is 10.8 Å². The van der Waals surface area contributed by atoms with Gasteiger partial charge in [-0.2, -0.15) is 13.2 Å². The molecule has 1 saturated carbocycles. The van der Waals surface area contributed by atoms with Crippen LogP contribution in [0, 0.1) is 0 Å². The van der Waals surface area contributed by atoms with Crippen molar-refractivity contribution in [3.05, 3.63) is 35.4 Å². The molecule has 2 nitrogen and oxygen atoms in total. The Hall–Kier alpha value is -0.750. The van der Waals surface area contributed by atoms with Gasteiger partial charge in [-0.05, 0) is 24.1 Å². The van der Waals surface area contributed by atoms with E-state index in [0.717, 1.165) is 12.1 Å². The molecule has 0 spiro atoms. The summed E-state index contributed by atoms with van der Waals surface area (Å²) in [6.07, 6.45) is -4.00. The number of rotatable bonds is 2. The zero-order valence-electron chi connectivity index (χ0n) is 8.41. The minimum atomic E-state index is -4.37. The van der Waals surface area contributed by atoms with Gasteiger partial charge in [-0.15, -0.1) is 0 Å². The fraction of sp³-hybridized carbons (Fsp3) is 0.400. The van der Waals surface area contributed by atoms with Crippen LogP contribution in [0.1, 0.15) is 23.5 Å². The molecular weight excluding hydrogens is 277 g/mol. The average molecular weight is 285 g/mol. The monoisotopic (exact) mass is 284 g/mol. The van der Waals surface area contributed by atoms with Gasteiger partial charge in [-0.1, -0.05) is 12.1 Å². The number of alkyl halides is 3. The van der Waals surface area contributed by atoms with E-state index in [1.807, 2.05) is 0 Å². The van der Waals surface area contributed by atoms with E-state index in [0.29, 0.717) is 12.0 Å². The highest BCUT2D eigenvalue weighted by molar-refractivity contribution is 8.14. The SMILES string of the molecule is O=S(=O)(Cl)C1CC1c1ccc(C(F)(F)F)cc1. The van der Waals surface area contributed by atoms with Crippen molar-refractivity contribution >= 4 is 19.7 Å². The van der Waals surface area contributed by atoms with E-state index in [4.69, 9.17) is 10.7 Å². The van der Waals surface area contributed by atoms with E-state index >= 15 is 0 Å². The molecule has 2 rings (SSSR count). The van der Waals surface area contributed by atoms with Crippen molar-refractivity contribution in [2.24, 2.45) is 0 Å². The molecule has 1 aromatic carbocycles. The molecule has 0 N–H and O–H groups in total. The van der Waals surface area contributed by atoms with Crippen LogP contribution in [0.25, 0.3) is 0 Å². The Kier molecular flexibility index (Phi) is 2.90. The first-order valence-electron chi connectivity index (χ1n) is 4.80. The van der Waals surface area contributed by atoms with Crippen LogP contribution in [0.15, 0.2) is 24.3 Å². The van der Waals surface area contributed by atoms with Crippen LogP contribution < -0.4 is 0 Å². The van der Waals surface area contributed by atoms with E-state index in [1.54, 1.807) is 0 Å². The zero-order chi connectivity index (χ0) is 12.8. The molecule has 0 aromatic heterocycles. The highest BCUT2D eigenvalue weighted by Gasteiger charge is 2.47. The Balaban J connectivity index is 2.17. The summed E-state index contributed by atoms with van der Waals surface area (Å²) < 4.78 is 58.8. The van der Waals surface area contributed by atoms with Gasteiger partial charge in [0, 0.05) is 16.6 Å². The predicted octanol–water partition coefficient (Wildman–Crippen LogP) is 3.13. The molecule has 17 heavy (non-hydrogen) atoms. The van der Waals surface area contributed by atoms with Gasteiger partial charge >= 0.3 is 6.18 Å². The van der Waals surface area contributed by atoms with Crippen molar-refractivity contribution in [3.8, 4) is 0 Å². The lowest BCUT2D eigenvalue weighted by molar-refractivity contribution is -0.137. The first kappa shape index (κ1) is 12.7. The molecule has 2 atom stereocenters. The molecule has 2 unspecified atom stereocenters. The Morgan fingerprint density at radius 3 is 2.06 bits per heavy atom. The quantitative estimate of drug-likeness (QED) is 0.782. The second-order valence-electron chi connectivity index (χ2n) is 3.98. The van der Waals surface area contributed by atoms with Gasteiger partial charge in [-0.25, -0.2) is 8.42 Å². The van der Waals surface area contributed by atoms with Crippen LogP contribution in [0.2, 0.25) is 0 Å². The molecule has 1 aromatic rings. The molecule has 1 aliphatic rings. The van der Waals surface area contributed by atoms with Crippen LogP contribution in [0.3, 0.4) is 0 Å². The van der Waals surface area contributed by atoms with Crippen molar-refractivity contribution in [3.63, 3.8) is 0 Å². The van der Waals surface area contributed by atoms with Crippen molar-refractivity contribution in [2.75, 3.05) is 0 Å². The van der Waals surface area contributed by atoms with Gasteiger partial charge in [0.2, 0.25) is 9.05 Å². The Morgan fingerprint density at radius 2 is 1.71 bits per heavy atom. The summed E-state index contributed by atoms with van der Waals surface area (Å²) in [6, 6.07) is 4.50. The summed E-state index contributed by atoms with van der Waals surface area (Å²) in [5.41, 5.74) is -0.167. The highest BCUT2D eigenvalue weighted by Crippen LogP contribution is 2.47. The predicted molar refractivity (Wildman–Crippen MR) is 57.4 cm³/mol. The largest absolute Gasteiger partial charge is 0.416 e. The summed E-state index contributed by atoms with van der Waals surface area (Å²) in [5.74, 6) is -0.278. The van der Waals surface area contributed by atoms with Crippen LogP contribution in [0.4, 0.5) is 13.2 Å². The van der Waals surface area contributed by atoms with Gasteiger partial charge in [0.1, 0.15) is 0 Å². The Labute approximate surface area is 101 Å². The summed E-state index contributed by atoms with van der Waals surface area (Å²) in [6.45, 7) is 0. The van der Waals surface area contributed by atoms with Crippen LogP contribution >= 0.6 is 10.7 Å². The van der Waals surface area contributed by atoms with Crippen molar-refractivity contribution in [1.82, 2.24) is 0 Å². The molecule has 0 saturated heterocycles. The molecule has 0 bridgehead atoms. The summed E-state index contributed by atoms with van der Waals surface area (Å²) >= 11 is 0. The first-order chi connectivity index (χ1) is 7.69. The normalized spacial score (nSPS) is 24.7. The van der Waals surface area contributed by atoms with E-state index < -0.39 is 26.0 Å². The van der Waals surface area contributed by atoms with Gasteiger partial charge < -0.3 is 0 Å². The summed E-state index contributed by atoms with van der Waals surface area (Å²) in [4.78, 5) is 0. The maximum Gasteiger partial charge on any atom is 0.416 e. The summed E-state index contributed by atoms with van der Waals surface area (Å²) in [7, 11) is 1.56. The lowest BCUT2D eigenvalue weighted by Crippen LogP contribution is -2.05. The van der Waals surface area contributed by atoms with E-state index in [9.17, 15) is 21.6 Å². The van der Waals surface area contributed by atoms with Gasteiger partial charge in [0.15, 0.2) is 0 Å². The molecule has 94 valence electrons. The Bertz CT molecular complexity index is 521. The Morgan fingerprint density at radius 1 is 1.18 bits per heavy atom. The lowest BCUT2D eigenvalue weighted by atomic mass is 10.1. The zero-order valence-corrected chi connectivity index (χ0v) is 9.98. The number of hydrogen-bond acceptors (Lipinski definition) is 2. The number of hydrogen-bond donors (Lipinski definition) is 0. The molecule has 1 fully saturated rings. The van der Waals surface area contributed by atoms with E-state index in [-0.39, 0.29) is 5.92 Å². The van der Waals surface area contributed by atoms with Crippen LogP contribution in [-0.4, -0.2) is 13.7 Å². The minimum absolute atomic E-state index is 0.278. The molecule has 0 radical (unpaired) electrons. The smallest absolute Gasteiger partial charge is 0.212 e. The third-order valence-electron chi connectivity index (χ3n) is 2.76. The maximum atomic E-state index is 12.3. The second-order valence-corrected chi connectivity index (χ2v) is 6.82. The third-order valence-corrected chi connectivity index (χ3v) is 4.69. The fourth-order valence-electron chi connectivity index (χ4n) is 1.75. The maximum absolute atomic E-state index is 12.3. The number of halogens is 4. The first-order valence-corrected chi connectivity index (χ1v) is 7.17. The fourth-order valence-corrected chi connectivity index (χ4v) is 3.33. The number of benzene rings is 1. The van der Waals surface area contributed by atoms with Crippen molar-refractivity contribution < 1.29 is 21.6 Å². The van der Waals surface area contributed by atoms with E-state index in [1.165, 1.54) is 12.1 Å². The molecule has 0 heterocycles. The molecular formula is C10H8ClF3O2S. The van der Waals surface area contributed by atoms with Crippen LogP contribution in [-0.2, 0) is 15.2 Å². The highest BCUT2D eigenvalue weighted by atomic mass is 35.7. The molecule has 0 amide bonds. The average Bonchev–Trinajstić information content (AvgIpc) is 2.95. The second kappa shape index (κ2) is 3.88. The molecule has 1 aliphatic carbocycles. The van der Waals surface area contributed by atoms with Gasteiger partial charge in [-0.3, -0.25) is 0 Å². The minimum Gasteiger partial charge on any atom is -0.212 e. The lowest BCUT2D eigenvalue weighted by Gasteiger charge is -2.07. The summed E-state index contributed by atoms with van der Waals surface area (Å²) in [5, 5.41) is -0.666. The van der Waals surface area contributed by atoms with Gasteiger partial charge in [0.25, 0.3) is 0 Å². The van der Waals surface area contributed by atoms with Crippen molar-refractivity contribution in [2.45, 2.75) is 23.8 Å².